The number of fused-ring (bicyclic) bond motifs is 1. The zero-order valence-electron chi connectivity index (χ0n) is 19.0. The lowest BCUT2D eigenvalue weighted by Gasteiger charge is -2.29. The van der Waals surface area contributed by atoms with Gasteiger partial charge in [0.05, 0.1) is 4.47 Å². The normalized spacial score (nSPS) is 11.9. The van der Waals surface area contributed by atoms with E-state index in [2.05, 4.69) is 37.2 Å². The number of carbonyl (C=O) groups excluding carboxylic acids is 2. The minimum Gasteiger partial charge on any atom is -0.483 e. The standard InChI is InChI=1S/C26H28Br2N2O3/c1-17(2)14-29-26(32)18(3)30(15-19-7-6-9-21(27)13-19)24(31)16-33-23-12-11-20-8-4-5-10-22(20)25(23)28/h4-13,17-18H,14-16H2,1-3H3,(H,29,32)/t18-/m1/s1. The summed E-state index contributed by atoms with van der Waals surface area (Å²) in [6, 6.07) is 18.8. The van der Waals surface area contributed by atoms with Crippen molar-refractivity contribution < 1.29 is 14.3 Å². The fourth-order valence-electron chi connectivity index (χ4n) is 3.41. The van der Waals surface area contributed by atoms with Crippen molar-refractivity contribution in [1.82, 2.24) is 10.2 Å². The maximum Gasteiger partial charge on any atom is 0.261 e. The number of benzene rings is 3. The van der Waals surface area contributed by atoms with Gasteiger partial charge < -0.3 is 15.0 Å². The van der Waals surface area contributed by atoms with Crippen LogP contribution in [0.1, 0.15) is 26.3 Å². The second-order valence-corrected chi connectivity index (χ2v) is 10.1. The van der Waals surface area contributed by atoms with E-state index in [-0.39, 0.29) is 18.4 Å². The first-order valence-corrected chi connectivity index (χ1v) is 12.5. The molecule has 0 heterocycles. The quantitative estimate of drug-likeness (QED) is 0.344. The first-order chi connectivity index (χ1) is 15.8. The van der Waals surface area contributed by atoms with Crippen molar-refractivity contribution in [2.24, 2.45) is 5.92 Å². The minimum absolute atomic E-state index is 0.174. The highest BCUT2D eigenvalue weighted by Crippen LogP contribution is 2.33. The maximum absolute atomic E-state index is 13.3. The molecule has 1 atom stereocenters. The van der Waals surface area contributed by atoms with Crippen molar-refractivity contribution >= 4 is 54.4 Å². The molecular formula is C26H28Br2N2O3. The van der Waals surface area contributed by atoms with Gasteiger partial charge in [-0.15, -0.1) is 0 Å². The topological polar surface area (TPSA) is 58.6 Å². The molecular weight excluding hydrogens is 548 g/mol. The summed E-state index contributed by atoms with van der Waals surface area (Å²) in [5.41, 5.74) is 0.924. The van der Waals surface area contributed by atoms with E-state index in [1.54, 1.807) is 11.8 Å². The van der Waals surface area contributed by atoms with E-state index < -0.39 is 6.04 Å². The lowest BCUT2D eigenvalue weighted by molar-refractivity contribution is -0.142. The van der Waals surface area contributed by atoms with Crippen LogP contribution in [0.25, 0.3) is 10.8 Å². The Balaban J connectivity index is 1.78. The average Bonchev–Trinajstić information content (AvgIpc) is 2.80. The number of ether oxygens (including phenoxy) is 1. The van der Waals surface area contributed by atoms with E-state index in [4.69, 9.17) is 4.74 Å². The molecule has 2 amide bonds. The summed E-state index contributed by atoms with van der Waals surface area (Å²) < 4.78 is 7.62. The number of nitrogens with one attached hydrogen (secondary N) is 1. The molecule has 0 aliphatic heterocycles. The fraction of sp³-hybridized carbons (Fsp3) is 0.308. The summed E-state index contributed by atoms with van der Waals surface area (Å²) in [4.78, 5) is 27.6. The highest BCUT2D eigenvalue weighted by molar-refractivity contribution is 9.11. The Labute approximate surface area is 211 Å². The van der Waals surface area contributed by atoms with Crippen LogP contribution in [0.5, 0.6) is 5.75 Å². The van der Waals surface area contributed by atoms with Crippen molar-refractivity contribution in [3.8, 4) is 5.75 Å². The van der Waals surface area contributed by atoms with Gasteiger partial charge in [0.2, 0.25) is 5.91 Å². The molecule has 5 nitrogen and oxygen atoms in total. The molecule has 0 aromatic heterocycles. The molecule has 0 saturated heterocycles. The number of hydrogen-bond acceptors (Lipinski definition) is 3. The molecule has 0 unspecified atom stereocenters. The molecule has 0 radical (unpaired) electrons. The van der Waals surface area contributed by atoms with Gasteiger partial charge in [-0.25, -0.2) is 0 Å². The Morgan fingerprint density at radius 2 is 1.76 bits per heavy atom. The number of halogens is 2. The highest BCUT2D eigenvalue weighted by Gasteiger charge is 2.27. The molecule has 33 heavy (non-hydrogen) atoms. The van der Waals surface area contributed by atoms with Crippen LogP contribution in [0.15, 0.2) is 69.6 Å². The Morgan fingerprint density at radius 3 is 2.48 bits per heavy atom. The molecule has 0 spiro atoms. The predicted molar refractivity (Wildman–Crippen MR) is 139 cm³/mol. The molecule has 0 aliphatic rings. The summed E-state index contributed by atoms with van der Waals surface area (Å²) in [6.07, 6.45) is 0. The first kappa shape index (κ1) is 25.2. The third-order valence-electron chi connectivity index (χ3n) is 5.27. The van der Waals surface area contributed by atoms with Gasteiger partial charge in [-0.3, -0.25) is 9.59 Å². The van der Waals surface area contributed by atoms with E-state index in [9.17, 15) is 9.59 Å². The molecule has 1 N–H and O–H groups in total. The molecule has 3 aromatic carbocycles. The van der Waals surface area contributed by atoms with E-state index in [0.29, 0.717) is 24.8 Å². The van der Waals surface area contributed by atoms with Gasteiger partial charge in [-0.1, -0.05) is 72.2 Å². The highest BCUT2D eigenvalue weighted by atomic mass is 79.9. The van der Waals surface area contributed by atoms with Crippen LogP contribution < -0.4 is 10.1 Å². The predicted octanol–water partition coefficient (Wildman–Crippen LogP) is 5.93. The second-order valence-electron chi connectivity index (χ2n) is 8.35. The fourth-order valence-corrected chi connectivity index (χ4v) is 4.47. The summed E-state index contributed by atoms with van der Waals surface area (Å²) in [5, 5.41) is 5.01. The summed E-state index contributed by atoms with van der Waals surface area (Å²) in [5.74, 6) is 0.464. The molecule has 0 fully saturated rings. The van der Waals surface area contributed by atoms with E-state index in [1.807, 2.05) is 74.5 Å². The monoisotopic (exact) mass is 574 g/mol. The Bertz CT molecular complexity index is 1130. The van der Waals surface area contributed by atoms with Crippen LogP contribution in [0.4, 0.5) is 0 Å². The van der Waals surface area contributed by atoms with Crippen molar-refractivity contribution in [2.45, 2.75) is 33.4 Å². The van der Waals surface area contributed by atoms with Gasteiger partial charge in [0, 0.05) is 17.6 Å². The summed E-state index contributed by atoms with van der Waals surface area (Å²) in [7, 11) is 0. The minimum atomic E-state index is -0.640. The Kier molecular flexibility index (Phi) is 8.92. The Hall–Kier alpha value is -2.38. The third-order valence-corrected chi connectivity index (χ3v) is 6.58. The third kappa shape index (κ3) is 6.81. The van der Waals surface area contributed by atoms with E-state index >= 15 is 0 Å². The molecule has 3 rings (SSSR count). The smallest absolute Gasteiger partial charge is 0.261 e. The number of hydrogen-bond donors (Lipinski definition) is 1. The van der Waals surface area contributed by atoms with Gasteiger partial charge >= 0.3 is 0 Å². The van der Waals surface area contributed by atoms with E-state index in [0.717, 1.165) is 25.3 Å². The first-order valence-electron chi connectivity index (χ1n) is 10.9. The van der Waals surface area contributed by atoms with Gasteiger partial charge in [0.1, 0.15) is 11.8 Å². The maximum atomic E-state index is 13.3. The van der Waals surface area contributed by atoms with Gasteiger partial charge in [-0.2, -0.15) is 0 Å². The van der Waals surface area contributed by atoms with Crippen molar-refractivity contribution in [3.05, 3.63) is 75.2 Å². The van der Waals surface area contributed by atoms with Gasteiger partial charge in [0.15, 0.2) is 6.61 Å². The Morgan fingerprint density at radius 1 is 1.00 bits per heavy atom. The summed E-state index contributed by atoms with van der Waals surface area (Å²) in [6.45, 7) is 6.50. The van der Waals surface area contributed by atoms with Crippen LogP contribution in [-0.2, 0) is 16.1 Å². The largest absolute Gasteiger partial charge is 0.483 e. The number of amides is 2. The average molecular weight is 576 g/mol. The number of nitrogens with zero attached hydrogens (tertiary/aromatic N) is 1. The number of carbonyl (C=O) groups is 2. The van der Waals surface area contributed by atoms with Crippen molar-refractivity contribution in [2.75, 3.05) is 13.2 Å². The van der Waals surface area contributed by atoms with Gasteiger partial charge in [0.25, 0.3) is 5.91 Å². The van der Waals surface area contributed by atoms with Crippen molar-refractivity contribution in [1.29, 1.82) is 0 Å². The van der Waals surface area contributed by atoms with E-state index in [1.165, 1.54) is 0 Å². The SMILES string of the molecule is CC(C)CNC(=O)[C@@H](C)N(Cc1cccc(Br)c1)C(=O)COc1ccc2ccccc2c1Br. The lowest BCUT2D eigenvalue weighted by Crippen LogP contribution is -2.49. The van der Waals surface area contributed by atoms with Crippen molar-refractivity contribution in [3.63, 3.8) is 0 Å². The molecule has 174 valence electrons. The molecule has 0 bridgehead atoms. The zero-order chi connectivity index (χ0) is 24.0. The molecule has 0 aliphatic carbocycles. The van der Waals surface area contributed by atoms with Crippen LogP contribution in [0.3, 0.4) is 0 Å². The van der Waals surface area contributed by atoms with Crippen LogP contribution in [-0.4, -0.2) is 35.9 Å². The zero-order valence-corrected chi connectivity index (χ0v) is 22.1. The van der Waals surface area contributed by atoms with Gasteiger partial charge in [-0.05, 0) is 63.3 Å². The lowest BCUT2D eigenvalue weighted by atomic mass is 10.1. The molecule has 7 heteroatoms. The van der Waals surface area contributed by atoms with Crippen LogP contribution in [0, 0.1) is 5.92 Å². The van der Waals surface area contributed by atoms with Crippen LogP contribution in [0.2, 0.25) is 0 Å². The molecule has 0 saturated carbocycles. The van der Waals surface area contributed by atoms with Crippen LogP contribution >= 0.6 is 31.9 Å². The number of rotatable bonds is 9. The second kappa shape index (κ2) is 11.7. The molecule has 3 aromatic rings. The summed E-state index contributed by atoms with van der Waals surface area (Å²) >= 11 is 7.07.